The van der Waals surface area contributed by atoms with Crippen molar-refractivity contribution in [2.45, 2.75) is 13.0 Å². The number of pyridine rings is 1. The fraction of sp³-hybridized carbons (Fsp3) is 0.182. The molecule has 2 aromatic heterocycles. The Morgan fingerprint density at radius 1 is 1.18 bits per heavy atom. The van der Waals surface area contributed by atoms with Gasteiger partial charge in [0.25, 0.3) is 0 Å². The van der Waals surface area contributed by atoms with E-state index < -0.39 is 0 Å². The number of hydrogen-bond donors (Lipinski definition) is 3. The van der Waals surface area contributed by atoms with Crippen LogP contribution >= 0.6 is 0 Å². The van der Waals surface area contributed by atoms with Crippen molar-refractivity contribution in [3.05, 3.63) is 36.2 Å². The molecule has 0 radical (unpaired) electrons. The molecule has 0 aromatic carbocycles. The van der Waals surface area contributed by atoms with E-state index >= 15 is 0 Å². The molecule has 0 amide bonds. The lowest BCUT2D eigenvalue weighted by Crippen LogP contribution is -2.10. The average Bonchev–Trinajstić information content (AvgIpc) is 2.28. The van der Waals surface area contributed by atoms with Crippen molar-refractivity contribution < 1.29 is 0 Å². The molecule has 6 heteroatoms. The van der Waals surface area contributed by atoms with E-state index in [0.29, 0.717) is 11.6 Å². The predicted molar refractivity (Wildman–Crippen MR) is 67.1 cm³/mol. The summed E-state index contributed by atoms with van der Waals surface area (Å²) in [6.07, 6.45) is 3.49. The smallest absolute Gasteiger partial charge is 0.223 e. The zero-order chi connectivity index (χ0) is 12.3. The minimum absolute atomic E-state index is 0.0895. The standard InChI is InChI=1S/C11H14N6/c1-7(8-2-4-14-5-3-8)15-10-6-9(12)16-11(13)17-10/h2-7H,1H3,(H5,12,13,15,16,17). The van der Waals surface area contributed by atoms with Crippen LogP contribution in [0.5, 0.6) is 0 Å². The van der Waals surface area contributed by atoms with Crippen molar-refractivity contribution in [2.75, 3.05) is 16.8 Å². The maximum atomic E-state index is 5.59. The minimum atomic E-state index is 0.0895. The Hall–Kier alpha value is -2.37. The highest BCUT2D eigenvalue weighted by molar-refractivity contribution is 5.49. The van der Waals surface area contributed by atoms with Crippen molar-refractivity contribution in [1.29, 1.82) is 0 Å². The molecule has 0 fully saturated rings. The first-order chi connectivity index (χ1) is 8.15. The van der Waals surface area contributed by atoms with E-state index in [4.69, 9.17) is 11.5 Å². The first-order valence-electron chi connectivity index (χ1n) is 5.21. The van der Waals surface area contributed by atoms with Crippen LogP contribution in [0.15, 0.2) is 30.6 Å². The van der Waals surface area contributed by atoms with Gasteiger partial charge in [0.2, 0.25) is 5.95 Å². The van der Waals surface area contributed by atoms with Crippen molar-refractivity contribution in [1.82, 2.24) is 15.0 Å². The van der Waals surface area contributed by atoms with E-state index in [1.54, 1.807) is 18.5 Å². The van der Waals surface area contributed by atoms with Crippen LogP contribution in [0, 0.1) is 0 Å². The fourth-order valence-electron chi connectivity index (χ4n) is 1.52. The second-order valence-electron chi connectivity index (χ2n) is 3.68. The van der Waals surface area contributed by atoms with Crippen LogP contribution in [0.4, 0.5) is 17.6 Å². The Balaban J connectivity index is 2.16. The van der Waals surface area contributed by atoms with E-state index in [-0.39, 0.29) is 12.0 Å². The summed E-state index contributed by atoms with van der Waals surface area (Å²) in [7, 11) is 0. The lowest BCUT2D eigenvalue weighted by Gasteiger charge is -2.14. The number of anilines is 3. The van der Waals surface area contributed by atoms with Gasteiger partial charge in [0.1, 0.15) is 11.6 Å². The van der Waals surface area contributed by atoms with Gasteiger partial charge in [-0.3, -0.25) is 4.98 Å². The molecule has 0 bridgehead atoms. The van der Waals surface area contributed by atoms with Crippen LogP contribution < -0.4 is 16.8 Å². The number of hydrogen-bond acceptors (Lipinski definition) is 6. The van der Waals surface area contributed by atoms with E-state index in [1.807, 2.05) is 19.1 Å². The van der Waals surface area contributed by atoms with E-state index in [1.165, 1.54) is 0 Å². The Kier molecular flexibility index (Phi) is 3.04. The van der Waals surface area contributed by atoms with Crippen LogP contribution in [0.2, 0.25) is 0 Å². The Bertz CT molecular complexity index is 478. The van der Waals surface area contributed by atoms with Gasteiger partial charge in [0.05, 0.1) is 6.04 Å². The van der Waals surface area contributed by atoms with Crippen LogP contribution in [-0.4, -0.2) is 15.0 Å². The normalized spacial score (nSPS) is 12.1. The van der Waals surface area contributed by atoms with Crippen LogP contribution in [0.3, 0.4) is 0 Å². The Morgan fingerprint density at radius 3 is 2.53 bits per heavy atom. The molecule has 17 heavy (non-hydrogen) atoms. The first-order valence-corrected chi connectivity index (χ1v) is 5.21. The Labute approximate surface area is 99.1 Å². The largest absolute Gasteiger partial charge is 0.383 e. The van der Waals surface area contributed by atoms with Gasteiger partial charge >= 0.3 is 0 Å². The number of aromatic nitrogens is 3. The maximum absolute atomic E-state index is 5.59. The first kappa shape index (κ1) is 11.1. The molecule has 6 nitrogen and oxygen atoms in total. The SMILES string of the molecule is CC(Nc1cc(N)nc(N)n1)c1ccncc1. The highest BCUT2D eigenvalue weighted by atomic mass is 15.1. The second kappa shape index (κ2) is 4.65. The Morgan fingerprint density at radius 2 is 1.88 bits per heavy atom. The van der Waals surface area contributed by atoms with E-state index in [9.17, 15) is 0 Å². The molecule has 0 aliphatic carbocycles. The summed E-state index contributed by atoms with van der Waals surface area (Å²) in [5, 5.41) is 3.20. The highest BCUT2D eigenvalue weighted by Gasteiger charge is 2.06. The predicted octanol–water partition coefficient (Wildman–Crippen LogP) is 1.21. The zero-order valence-electron chi connectivity index (χ0n) is 9.46. The molecular weight excluding hydrogens is 216 g/mol. The van der Waals surface area contributed by atoms with Gasteiger partial charge in [0.15, 0.2) is 0 Å². The van der Waals surface area contributed by atoms with E-state index in [2.05, 4.69) is 20.3 Å². The number of nitrogens with two attached hydrogens (primary N) is 2. The molecule has 1 atom stereocenters. The minimum Gasteiger partial charge on any atom is -0.383 e. The molecule has 2 heterocycles. The van der Waals surface area contributed by atoms with Crippen LogP contribution in [0.25, 0.3) is 0 Å². The second-order valence-corrected chi connectivity index (χ2v) is 3.68. The zero-order valence-corrected chi connectivity index (χ0v) is 9.46. The summed E-state index contributed by atoms with van der Waals surface area (Å²) in [6.45, 7) is 2.02. The van der Waals surface area contributed by atoms with Crippen LogP contribution in [0.1, 0.15) is 18.5 Å². The topological polar surface area (TPSA) is 103 Å². The highest BCUT2D eigenvalue weighted by Crippen LogP contribution is 2.18. The van der Waals surface area contributed by atoms with Gasteiger partial charge in [-0.2, -0.15) is 9.97 Å². The number of nitrogens with zero attached hydrogens (tertiary/aromatic N) is 3. The monoisotopic (exact) mass is 230 g/mol. The fourth-order valence-corrected chi connectivity index (χ4v) is 1.52. The van der Waals surface area contributed by atoms with Gasteiger partial charge in [0, 0.05) is 18.5 Å². The lowest BCUT2D eigenvalue weighted by molar-refractivity contribution is 0.870. The number of nitrogen functional groups attached to an aromatic ring is 2. The molecule has 0 aliphatic heterocycles. The van der Waals surface area contributed by atoms with Gasteiger partial charge in [-0.05, 0) is 24.6 Å². The van der Waals surface area contributed by atoms with E-state index in [0.717, 1.165) is 5.56 Å². The molecule has 88 valence electrons. The van der Waals surface area contributed by atoms with Crippen molar-refractivity contribution in [2.24, 2.45) is 0 Å². The summed E-state index contributed by atoms with van der Waals surface area (Å²) in [5.74, 6) is 1.12. The number of rotatable bonds is 3. The summed E-state index contributed by atoms with van der Waals surface area (Å²) < 4.78 is 0. The third-order valence-corrected chi connectivity index (χ3v) is 2.33. The van der Waals surface area contributed by atoms with Crippen molar-refractivity contribution in [3.63, 3.8) is 0 Å². The number of nitrogens with one attached hydrogen (secondary N) is 1. The summed E-state index contributed by atoms with van der Waals surface area (Å²) in [6, 6.07) is 5.61. The van der Waals surface area contributed by atoms with Crippen molar-refractivity contribution in [3.8, 4) is 0 Å². The lowest BCUT2D eigenvalue weighted by atomic mass is 10.1. The molecule has 0 spiro atoms. The molecular formula is C11H14N6. The third kappa shape index (κ3) is 2.81. The van der Waals surface area contributed by atoms with Crippen molar-refractivity contribution >= 4 is 17.6 Å². The average molecular weight is 230 g/mol. The molecule has 0 saturated carbocycles. The molecule has 0 aliphatic rings. The van der Waals surface area contributed by atoms with Crippen LogP contribution in [-0.2, 0) is 0 Å². The molecule has 1 unspecified atom stereocenters. The third-order valence-electron chi connectivity index (χ3n) is 2.33. The molecule has 2 aromatic rings. The molecule has 0 saturated heterocycles. The molecule has 2 rings (SSSR count). The maximum Gasteiger partial charge on any atom is 0.223 e. The quantitative estimate of drug-likeness (QED) is 0.732. The molecule has 5 N–H and O–H groups in total. The summed E-state index contributed by atoms with van der Waals surface area (Å²) >= 11 is 0. The summed E-state index contributed by atoms with van der Waals surface area (Å²) in [4.78, 5) is 11.8. The van der Waals surface area contributed by atoms with Gasteiger partial charge < -0.3 is 16.8 Å². The summed E-state index contributed by atoms with van der Waals surface area (Å²) in [5.41, 5.74) is 12.2. The van der Waals surface area contributed by atoms with Gasteiger partial charge in [-0.25, -0.2) is 0 Å². The van der Waals surface area contributed by atoms with Gasteiger partial charge in [-0.15, -0.1) is 0 Å². The van der Waals surface area contributed by atoms with Gasteiger partial charge in [-0.1, -0.05) is 0 Å².